The van der Waals surface area contributed by atoms with E-state index in [-0.39, 0.29) is 18.2 Å². The summed E-state index contributed by atoms with van der Waals surface area (Å²) >= 11 is 0. The fourth-order valence-electron chi connectivity index (χ4n) is 4.17. The van der Waals surface area contributed by atoms with Gasteiger partial charge in [-0.25, -0.2) is 4.39 Å². The lowest BCUT2D eigenvalue weighted by molar-refractivity contribution is 0.0994. The summed E-state index contributed by atoms with van der Waals surface area (Å²) in [5.41, 5.74) is 2.72. The highest BCUT2D eigenvalue weighted by atomic mass is 19.1. The molecule has 2 heterocycles. The molecule has 0 saturated carbocycles. The summed E-state index contributed by atoms with van der Waals surface area (Å²) in [7, 11) is 0. The Morgan fingerprint density at radius 1 is 1.28 bits per heavy atom. The summed E-state index contributed by atoms with van der Waals surface area (Å²) in [5.74, 6) is 1.52. The van der Waals surface area contributed by atoms with Gasteiger partial charge in [0.15, 0.2) is 11.6 Å². The van der Waals surface area contributed by atoms with E-state index in [1.165, 1.54) is 0 Å². The normalized spacial score (nSPS) is 18.3. The van der Waals surface area contributed by atoms with Crippen LogP contribution in [0.1, 0.15) is 67.2 Å². The quantitative estimate of drug-likeness (QED) is 0.744. The molecule has 1 saturated heterocycles. The second-order valence-corrected chi connectivity index (χ2v) is 8.53. The van der Waals surface area contributed by atoms with Crippen LogP contribution in [0, 0.1) is 5.92 Å². The molecule has 1 aliphatic carbocycles. The molecule has 156 valence electrons. The first kappa shape index (κ1) is 19.9. The minimum absolute atomic E-state index is 0.189. The smallest absolute Gasteiger partial charge is 0.324 e. The molecule has 0 bridgehead atoms. The van der Waals surface area contributed by atoms with Gasteiger partial charge in [0.25, 0.3) is 0 Å². The highest BCUT2D eigenvalue weighted by Crippen LogP contribution is 2.28. The Morgan fingerprint density at radius 2 is 2.07 bits per heavy atom. The van der Waals surface area contributed by atoms with E-state index in [1.807, 2.05) is 32.0 Å². The number of nitrogens with zero attached hydrogens (tertiary/aromatic N) is 3. The van der Waals surface area contributed by atoms with Crippen molar-refractivity contribution in [2.24, 2.45) is 5.92 Å². The molecule has 29 heavy (non-hydrogen) atoms. The van der Waals surface area contributed by atoms with Crippen LogP contribution < -0.4 is 10.2 Å². The van der Waals surface area contributed by atoms with Crippen molar-refractivity contribution in [2.75, 3.05) is 29.9 Å². The number of alkyl halides is 1. The zero-order chi connectivity index (χ0) is 20.4. The van der Waals surface area contributed by atoms with Crippen molar-refractivity contribution in [2.45, 2.75) is 58.0 Å². The van der Waals surface area contributed by atoms with Crippen LogP contribution in [0.25, 0.3) is 0 Å². The van der Waals surface area contributed by atoms with Crippen molar-refractivity contribution in [3.05, 3.63) is 35.2 Å². The predicted octanol–water partition coefficient (Wildman–Crippen LogP) is 4.38. The van der Waals surface area contributed by atoms with E-state index in [2.05, 4.69) is 20.4 Å². The first-order valence-corrected chi connectivity index (χ1v) is 10.6. The molecule has 7 heteroatoms. The van der Waals surface area contributed by atoms with Crippen molar-refractivity contribution >= 4 is 17.5 Å². The number of rotatable bonds is 7. The Balaban J connectivity index is 1.22. The molecule has 1 aromatic heterocycles. The predicted molar refractivity (Wildman–Crippen MR) is 110 cm³/mol. The number of benzene rings is 1. The standard InChI is InChI=1S/C22H29FN4O2/c1-14(2)21-25-22(29-26-21)27-9-7-15(8-10-27)11-17(23)13-24-18-5-3-16-4-6-20(28)19(16)12-18/h3,5,12,14-15,17,24H,4,6-11,13H2,1-2H3. The molecule has 1 aliphatic heterocycles. The number of piperidine rings is 1. The van der Waals surface area contributed by atoms with Crippen molar-refractivity contribution in [3.8, 4) is 0 Å². The summed E-state index contributed by atoms with van der Waals surface area (Å²) < 4.78 is 19.9. The van der Waals surface area contributed by atoms with E-state index >= 15 is 0 Å². The maximum absolute atomic E-state index is 14.6. The molecular weight excluding hydrogens is 371 g/mol. The lowest BCUT2D eigenvalue weighted by Gasteiger charge is -2.31. The number of hydrogen-bond acceptors (Lipinski definition) is 6. The third-order valence-electron chi connectivity index (χ3n) is 5.98. The number of ketones is 1. The number of fused-ring (bicyclic) bond motifs is 1. The fourth-order valence-corrected chi connectivity index (χ4v) is 4.17. The maximum atomic E-state index is 14.6. The topological polar surface area (TPSA) is 71.3 Å². The zero-order valence-electron chi connectivity index (χ0n) is 17.2. The van der Waals surface area contributed by atoms with Crippen LogP contribution in [-0.4, -0.2) is 41.7 Å². The van der Waals surface area contributed by atoms with Gasteiger partial charge >= 0.3 is 6.01 Å². The average molecular weight is 400 g/mol. The minimum atomic E-state index is -0.911. The van der Waals surface area contributed by atoms with Crippen molar-refractivity contribution in [1.82, 2.24) is 10.1 Å². The van der Waals surface area contributed by atoms with Gasteiger partial charge in [0.2, 0.25) is 0 Å². The van der Waals surface area contributed by atoms with E-state index in [1.54, 1.807) is 0 Å². The molecule has 2 aromatic rings. The summed E-state index contributed by atoms with van der Waals surface area (Å²) in [6, 6.07) is 6.37. The van der Waals surface area contributed by atoms with E-state index in [0.29, 0.717) is 24.8 Å². The molecular formula is C22H29FN4O2. The Bertz CT molecular complexity index is 858. The monoisotopic (exact) mass is 400 g/mol. The lowest BCUT2D eigenvalue weighted by Crippen LogP contribution is -2.35. The van der Waals surface area contributed by atoms with Crippen LogP contribution in [0.15, 0.2) is 22.7 Å². The molecule has 1 unspecified atom stereocenters. The first-order valence-electron chi connectivity index (χ1n) is 10.6. The highest BCUT2D eigenvalue weighted by Gasteiger charge is 2.26. The average Bonchev–Trinajstić information content (AvgIpc) is 3.35. The molecule has 0 amide bonds. The van der Waals surface area contributed by atoms with E-state index in [4.69, 9.17) is 4.52 Å². The first-order chi connectivity index (χ1) is 14.0. The molecule has 0 spiro atoms. The van der Waals surface area contributed by atoms with Crippen LogP contribution >= 0.6 is 0 Å². The Hall–Kier alpha value is -2.44. The van der Waals surface area contributed by atoms with E-state index < -0.39 is 6.17 Å². The molecule has 1 atom stereocenters. The maximum Gasteiger partial charge on any atom is 0.324 e. The van der Waals surface area contributed by atoms with Gasteiger partial charge in [-0.3, -0.25) is 4.79 Å². The van der Waals surface area contributed by atoms with Gasteiger partial charge in [-0.2, -0.15) is 4.98 Å². The third-order valence-corrected chi connectivity index (χ3v) is 5.98. The van der Waals surface area contributed by atoms with Gasteiger partial charge in [0.05, 0.1) is 0 Å². The molecule has 1 aromatic carbocycles. The summed E-state index contributed by atoms with van der Waals surface area (Å²) in [6.45, 7) is 5.98. The molecule has 0 radical (unpaired) electrons. The van der Waals surface area contributed by atoms with E-state index in [0.717, 1.165) is 55.0 Å². The largest absolute Gasteiger partial charge is 0.382 e. The highest BCUT2D eigenvalue weighted by molar-refractivity contribution is 6.01. The van der Waals surface area contributed by atoms with Crippen molar-refractivity contribution in [3.63, 3.8) is 0 Å². The minimum Gasteiger partial charge on any atom is -0.382 e. The van der Waals surface area contributed by atoms with Crippen LogP contribution in [0.4, 0.5) is 16.1 Å². The van der Waals surface area contributed by atoms with Crippen LogP contribution in [0.2, 0.25) is 0 Å². The number of aromatic nitrogens is 2. The summed E-state index contributed by atoms with van der Waals surface area (Å²) in [5, 5.41) is 7.18. The van der Waals surface area contributed by atoms with Gasteiger partial charge in [0, 0.05) is 43.2 Å². The van der Waals surface area contributed by atoms with Crippen LogP contribution in [-0.2, 0) is 6.42 Å². The summed E-state index contributed by atoms with van der Waals surface area (Å²) in [6.07, 6.45) is 2.89. The van der Waals surface area contributed by atoms with Crippen LogP contribution in [0.5, 0.6) is 0 Å². The number of halogens is 1. The molecule has 4 rings (SSSR count). The Kier molecular flexibility index (Phi) is 5.83. The Morgan fingerprint density at radius 3 is 2.79 bits per heavy atom. The second kappa shape index (κ2) is 8.51. The molecule has 1 N–H and O–H groups in total. The lowest BCUT2D eigenvalue weighted by atomic mass is 9.91. The number of Topliss-reactive ketones (excluding diaryl/α,β-unsaturated/α-hetero) is 1. The van der Waals surface area contributed by atoms with Gasteiger partial charge in [0.1, 0.15) is 6.17 Å². The van der Waals surface area contributed by atoms with Gasteiger partial charge in [-0.15, -0.1) is 0 Å². The molecule has 1 fully saturated rings. The van der Waals surface area contributed by atoms with Gasteiger partial charge < -0.3 is 14.7 Å². The summed E-state index contributed by atoms with van der Waals surface area (Å²) in [4.78, 5) is 18.4. The second-order valence-electron chi connectivity index (χ2n) is 8.53. The number of aryl methyl sites for hydroxylation is 1. The molecule has 2 aliphatic rings. The SMILES string of the molecule is CC(C)c1noc(N2CCC(CC(F)CNc3ccc4c(c3)C(=O)CC4)CC2)n1. The molecule has 6 nitrogen and oxygen atoms in total. The van der Waals surface area contributed by atoms with Gasteiger partial charge in [-0.1, -0.05) is 25.1 Å². The fraction of sp³-hybridized carbons (Fsp3) is 0.591. The number of hydrogen-bond donors (Lipinski definition) is 1. The van der Waals surface area contributed by atoms with Gasteiger partial charge in [-0.05, 0) is 49.3 Å². The zero-order valence-corrected chi connectivity index (χ0v) is 17.2. The number of carbonyl (C=O) groups excluding carboxylic acids is 1. The Labute approximate surface area is 170 Å². The van der Waals surface area contributed by atoms with Crippen LogP contribution in [0.3, 0.4) is 0 Å². The van der Waals surface area contributed by atoms with Crippen molar-refractivity contribution < 1.29 is 13.7 Å². The third kappa shape index (κ3) is 4.60. The van der Waals surface area contributed by atoms with Crippen molar-refractivity contribution in [1.29, 1.82) is 0 Å². The number of carbonyl (C=O) groups is 1. The van der Waals surface area contributed by atoms with E-state index in [9.17, 15) is 9.18 Å². The number of nitrogens with one attached hydrogen (secondary N) is 1. The number of anilines is 2.